The molecule has 0 N–H and O–H groups in total. The molecule has 0 aliphatic carbocycles. The number of rotatable bonds is 9. The topological polar surface area (TPSA) is 15.5 Å². The summed E-state index contributed by atoms with van der Waals surface area (Å²) in [6.45, 7) is -10.0. The van der Waals surface area contributed by atoms with Crippen LogP contribution in [0.2, 0.25) is 0 Å². The van der Waals surface area contributed by atoms with Crippen molar-refractivity contribution < 1.29 is 56.6 Å². The Balaban J connectivity index is 0.000000237. The molecule has 70 heavy (non-hydrogen) atoms. The van der Waals surface area contributed by atoms with Crippen molar-refractivity contribution in [2.45, 2.75) is 120 Å². The molecule has 4 heteroatoms. The first-order valence-corrected chi connectivity index (χ1v) is 22.7. The van der Waals surface area contributed by atoms with Crippen molar-refractivity contribution in [3.63, 3.8) is 0 Å². The van der Waals surface area contributed by atoms with Crippen LogP contribution in [0.5, 0.6) is 0 Å². The fourth-order valence-electron chi connectivity index (χ4n) is 8.08. The van der Waals surface area contributed by atoms with Gasteiger partial charge in [0.2, 0.25) is 22.8 Å². The van der Waals surface area contributed by atoms with Gasteiger partial charge in [-0.2, -0.15) is 0 Å². The highest BCUT2D eigenvalue weighted by Crippen LogP contribution is 2.29. The maximum atomic E-state index is 8.69. The number of hydrogen-bond donors (Lipinski definition) is 0. The van der Waals surface area contributed by atoms with E-state index in [-0.39, 0.29) is 23.1 Å². The zero-order valence-corrected chi connectivity index (χ0v) is 41.6. The summed E-state index contributed by atoms with van der Waals surface area (Å²) in [5.74, 6) is -4.16. The lowest BCUT2D eigenvalue weighted by Crippen LogP contribution is -2.31. The van der Waals surface area contributed by atoms with Crippen LogP contribution in [0.4, 0.5) is 0 Å². The Morgan fingerprint density at radius 2 is 0.943 bits per heavy atom. The van der Waals surface area contributed by atoms with E-state index in [2.05, 4.69) is 0 Å². The summed E-state index contributed by atoms with van der Waals surface area (Å²) in [5, 5.41) is 0. The molecule has 0 spiro atoms. The quantitative estimate of drug-likeness (QED) is 0.128. The van der Waals surface area contributed by atoms with Crippen molar-refractivity contribution in [1.29, 1.82) is 0 Å². The van der Waals surface area contributed by atoms with Gasteiger partial charge in [0.15, 0.2) is 24.8 Å². The van der Waals surface area contributed by atoms with Gasteiger partial charge in [0, 0.05) is 108 Å². The predicted octanol–water partition coefficient (Wildman–Crippen LogP) is 14.8. The van der Waals surface area contributed by atoms with Crippen LogP contribution in [0.1, 0.15) is 158 Å². The molecule has 364 valence electrons. The molecule has 0 fully saturated rings. The van der Waals surface area contributed by atoms with E-state index in [1.807, 2.05) is 75.0 Å². The number of aryl methyl sites for hydroxylation is 13. The van der Waals surface area contributed by atoms with Crippen molar-refractivity contribution in [2.24, 2.45) is 28.2 Å². The third-order valence-electron chi connectivity index (χ3n) is 11.8. The second-order valence-corrected chi connectivity index (χ2v) is 17.3. The number of aromatic nitrogens is 4. The average molecular weight is 962 g/mol. The Morgan fingerprint density at radius 3 is 1.39 bits per heavy atom. The second-order valence-electron chi connectivity index (χ2n) is 17.3. The van der Waals surface area contributed by atoms with Crippen molar-refractivity contribution in [3.05, 3.63) is 213 Å². The maximum absolute atomic E-state index is 8.69. The van der Waals surface area contributed by atoms with Crippen LogP contribution >= 0.6 is 0 Å². The van der Waals surface area contributed by atoms with E-state index >= 15 is 0 Å². The summed E-state index contributed by atoms with van der Waals surface area (Å²) >= 11 is 0. The van der Waals surface area contributed by atoms with E-state index < -0.39 is 79.4 Å². The summed E-state index contributed by atoms with van der Waals surface area (Å²) < 4.78 is 220. The standard InChI is InChI=1S/C18H24N.C17H22N.C16H20N.C15H18N/c1-5-15(6-2)16-10-11-17(14(3)13-16)18-9-7-8-12-19(18)4;1-12(2)15-7-8-16(14(4)10-15)17-9-6-13(3)11-18(17)5;1-5-14-7-8-15(13(3)10-14)16-9-6-12(2)11-17(16)4;1-11-5-7-14(13(3)9-11)15-8-6-12(2)10-16(15)4/h7-13,15H,5-6H2,1-4H3;6-12H,1-5H3;6-11H,5H2,1-4H3;5-10H,1-4H3/q4*+1/i1D3,2D3,5D2,15D;1D3,3D3,12D;2*1D3,2D3. The Hall–Kier alpha value is -6.52. The van der Waals surface area contributed by atoms with Gasteiger partial charge in [-0.25, -0.2) is 18.3 Å². The average Bonchev–Trinajstić information content (AvgIpc) is 0.741. The first-order valence-electron chi connectivity index (χ1n) is 36.7. The number of nitrogens with zero attached hydrogens (tertiary/aromatic N) is 4. The number of benzene rings is 4. The number of hydrogen-bond acceptors (Lipinski definition) is 0. The van der Waals surface area contributed by atoms with E-state index in [1.54, 1.807) is 139 Å². The molecule has 0 amide bonds. The molecule has 0 radical (unpaired) electrons. The minimum absolute atomic E-state index is 0.0320. The minimum Gasteiger partial charge on any atom is -0.201 e. The summed E-state index contributed by atoms with van der Waals surface area (Å²) in [6, 6.07) is 36.1. The van der Waals surface area contributed by atoms with Gasteiger partial charge in [0.05, 0.1) is 0 Å². The van der Waals surface area contributed by atoms with Crippen molar-refractivity contribution >= 4 is 0 Å². The largest absolute Gasteiger partial charge is 0.212 e. The fraction of sp³-hybridized carbons (Fsp3) is 0.333. The second kappa shape index (κ2) is 25.4. The molecule has 0 bridgehead atoms. The van der Waals surface area contributed by atoms with Crippen LogP contribution in [-0.4, -0.2) is 0 Å². The molecular weight excluding hydrogens is 849 g/mol. The van der Waals surface area contributed by atoms with Crippen LogP contribution in [0.3, 0.4) is 0 Å². The first-order chi connectivity index (χ1) is 44.3. The maximum Gasteiger partial charge on any atom is 0.212 e. The summed E-state index contributed by atoms with van der Waals surface area (Å²) in [7, 11) is 7.23. The van der Waals surface area contributed by atoms with Crippen LogP contribution in [0.15, 0.2) is 152 Å². The minimum atomic E-state index is -3.15. The molecule has 8 rings (SSSR count). The van der Waals surface area contributed by atoms with Gasteiger partial charge < -0.3 is 0 Å². The molecule has 4 nitrogen and oxygen atoms in total. The van der Waals surface area contributed by atoms with E-state index in [4.69, 9.17) is 38.4 Å². The van der Waals surface area contributed by atoms with Gasteiger partial charge in [0.25, 0.3) is 0 Å². The summed E-state index contributed by atoms with van der Waals surface area (Å²) in [4.78, 5) is 0. The normalized spacial score (nSPS) is 20.0. The lowest BCUT2D eigenvalue weighted by atomic mass is 9.91. The van der Waals surface area contributed by atoms with Crippen molar-refractivity contribution in [2.75, 3.05) is 0 Å². The highest BCUT2D eigenvalue weighted by Gasteiger charge is 2.17. The van der Waals surface area contributed by atoms with Crippen LogP contribution in [0.25, 0.3) is 45.0 Å². The zero-order chi connectivity index (χ0) is 74.9. The lowest BCUT2D eigenvalue weighted by Gasteiger charge is -2.14. The molecule has 4 aromatic carbocycles. The van der Waals surface area contributed by atoms with Gasteiger partial charge in [-0.3, -0.25) is 0 Å². The Labute approximate surface area is 463 Å². The predicted molar refractivity (Wildman–Crippen MR) is 297 cm³/mol. The molecular formula is C66H84N4+4. The first kappa shape index (κ1) is 27.2. The van der Waals surface area contributed by atoms with Crippen LogP contribution in [-0.2, 0) is 34.6 Å². The molecule has 0 aliphatic heterocycles. The van der Waals surface area contributed by atoms with E-state index in [1.165, 1.54) is 19.1 Å². The van der Waals surface area contributed by atoms with Gasteiger partial charge in [0.1, 0.15) is 28.2 Å². The van der Waals surface area contributed by atoms with E-state index in [9.17, 15) is 0 Å². The zero-order valence-electron chi connectivity index (χ0n) is 69.6. The van der Waals surface area contributed by atoms with Gasteiger partial charge >= 0.3 is 0 Å². The lowest BCUT2D eigenvalue weighted by molar-refractivity contribution is -0.660. The monoisotopic (exact) mass is 961 g/mol. The molecule has 4 heterocycles. The Kier molecular flexibility index (Phi) is 9.85. The van der Waals surface area contributed by atoms with E-state index in [0.717, 1.165) is 67.3 Å². The summed E-state index contributed by atoms with van der Waals surface area (Å²) in [5.41, 5.74) is 12.6. The smallest absolute Gasteiger partial charge is 0.201 e. The fourth-order valence-corrected chi connectivity index (χ4v) is 8.08. The molecule has 2 atom stereocenters. The van der Waals surface area contributed by atoms with Gasteiger partial charge in [-0.05, 0) is 174 Å². The summed E-state index contributed by atoms with van der Waals surface area (Å²) in [6.07, 6.45) is 2.71. The Morgan fingerprint density at radius 1 is 0.471 bits per heavy atom. The molecule has 0 aliphatic rings. The highest BCUT2D eigenvalue weighted by molar-refractivity contribution is 5.64. The number of pyridine rings is 4. The van der Waals surface area contributed by atoms with E-state index in [0.29, 0.717) is 22.3 Å². The molecule has 8 aromatic rings. The van der Waals surface area contributed by atoms with Crippen molar-refractivity contribution in [3.8, 4) is 45.0 Å². The molecule has 4 aromatic heterocycles. The highest BCUT2D eigenvalue weighted by atomic mass is 14.9. The molecule has 0 saturated carbocycles. The third kappa shape index (κ3) is 14.3. The molecule has 0 saturated heterocycles. The van der Waals surface area contributed by atoms with Gasteiger partial charge in [-0.15, -0.1) is 0 Å². The SMILES string of the molecule is [2H]C([2H])([2H])CC([2H])(c1ccc(-c2cccc[n+]2C)c(C)c1)C([2H])([2H])C([2H])([2H])[2H].[2H]C([2H])([2H])Cc1ccc(-c2ccc(C([2H])([2H])[2H])c[n+]2C)c(C)c1.[2H]C([2H])([2H])c1ccc(-c2ccc(C([2H])(C)C([2H])([2H])[2H])cc2C)[n+](C)c1.[2H]C([2H])([2H])c1ccc(-c2ccc(C([2H])([2H])[2H])c[n+]2C)c(C)c1. The third-order valence-corrected chi connectivity index (χ3v) is 11.8. The van der Waals surface area contributed by atoms with Gasteiger partial charge in [-0.1, -0.05) is 88.4 Å². The Bertz CT molecular complexity index is 4050. The molecule has 2 unspecified atom stereocenters. The van der Waals surface area contributed by atoms with Crippen LogP contribution in [0, 0.1) is 55.1 Å². The van der Waals surface area contributed by atoms with Crippen molar-refractivity contribution in [1.82, 2.24) is 0 Å². The van der Waals surface area contributed by atoms with Crippen LogP contribution < -0.4 is 18.3 Å².